The molecule has 0 saturated heterocycles. The number of hydrogen-bond acceptors (Lipinski definition) is 5. The summed E-state index contributed by atoms with van der Waals surface area (Å²) < 4.78 is 12.3. The molecule has 0 spiro atoms. The number of aryl methyl sites for hydroxylation is 1. The molecule has 2 aromatic rings. The number of halogens is 1. The van der Waals surface area contributed by atoms with Gasteiger partial charge in [-0.1, -0.05) is 25.5 Å². The van der Waals surface area contributed by atoms with Crippen LogP contribution in [0.5, 0.6) is 11.5 Å². The molecule has 2 amide bonds. The molecule has 0 saturated carbocycles. The lowest BCUT2D eigenvalue weighted by atomic mass is 10.1. The summed E-state index contributed by atoms with van der Waals surface area (Å²) in [5.41, 5.74) is 6.07. The summed E-state index contributed by atoms with van der Waals surface area (Å²) in [6.45, 7) is 9.05. The number of hydrazone groups is 1. The molecule has 33 heavy (non-hydrogen) atoms. The van der Waals surface area contributed by atoms with E-state index in [1.165, 1.54) is 6.21 Å². The monoisotopic (exact) mass is 517 g/mol. The van der Waals surface area contributed by atoms with E-state index in [0.29, 0.717) is 24.7 Å². The van der Waals surface area contributed by atoms with Gasteiger partial charge in [-0.3, -0.25) is 9.59 Å². The first-order valence-electron chi connectivity index (χ1n) is 11.1. The molecule has 7 nitrogen and oxygen atoms in total. The Kier molecular flexibility index (Phi) is 10.9. The zero-order valence-electron chi connectivity index (χ0n) is 19.7. The molecule has 8 heteroatoms. The maximum absolute atomic E-state index is 12.2. The van der Waals surface area contributed by atoms with Crippen molar-refractivity contribution in [3.05, 3.63) is 51.5 Å². The lowest BCUT2D eigenvalue weighted by Gasteiger charge is -2.14. The molecular formula is C25H32BrN3O4. The standard InChI is InChI=1S/C25H32BrN3O4/c1-5-7-13-33-25-20(26)14-19(15-22(25)32-6-2)16-27-29-24(31)12-11-23(30)28-21-10-8-9-17(3)18(21)4/h8-10,14-16H,5-7,11-13H2,1-4H3,(H,28,30)(H,29,31). The van der Waals surface area contributed by atoms with Crippen LogP contribution < -0.4 is 20.2 Å². The average Bonchev–Trinajstić information content (AvgIpc) is 2.77. The van der Waals surface area contributed by atoms with Gasteiger partial charge in [0.15, 0.2) is 11.5 Å². The number of carbonyl (C=O) groups is 2. The predicted octanol–water partition coefficient (Wildman–Crippen LogP) is 5.51. The van der Waals surface area contributed by atoms with E-state index < -0.39 is 0 Å². The van der Waals surface area contributed by atoms with Gasteiger partial charge >= 0.3 is 0 Å². The molecule has 0 aliphatic carbocycles. The third-order valence-electron chi connectivity index (χ3n) is 4.94. The molecule has 0 heterocycles. The van der Waals surface area contributed by atoms with Crippen LogP contribution in [0.4, 0.5) is 5.69 Å². The number of rotatable bonds is 12. The quantitative estimate of drug-likeness (QED) is 0.220. The minimum absolute atomic E-state index is 0.0339. The molecule has 178 valence electrons. The second-order valence-corrected chi connectivity index (χ2v) is 8.41. The summed E-state index contributed by atoms with van der Waals surface area (Å²) in [5, 5.41) is 6.85. The van der Waals surface area contributed by atoms with Crippen LogP contribution in [0.15, 0.2) is 39.9 Å². The molecular weight excluding hydrogens is 486 g/mol. The summed E-state index contributed by atoms with van der Waals surface area (Å²) in [5.74, 6) is 0.706. The molecule has 0 unspecified atom stereocenters. The second-order valence-electron chi connectivity index (χ2n) is 7.55. The van der Waals surface area contributed by atoms with Crippen molar-refractivity contribution in [1.82, 2.24) is 5.43 Å². The highest BCUT2D eigenvalue weighted by atomic mass is 79.9. The maximum atomic E-state index is 12.2. The van der Waals surface area contributed by atoms with Crippen molar-refractivity contribution in [2.45, 2.75) is 53.4 Å². The van der Waals surface area contributed by atoms with Gasteiger partial charge in [0.05, 0.1) is 23.9 Å². The molecule has 2 rings (SSSR count). The summed E-state index contributed by atoms with van der Waals surface area (Å²) >= 11 is 3.52. The van der Waals surface area contributed by atoms with Crippen molar-refractivity contribution in [3.63, 3.8) is 0 Å². The molecule has 2 N–H and O–H groups in total. The Labute approximate surface area is 204 Å². The van der Waals surface area contributed by atoms with E-state index in [0.717, 1.165) is 39.7 Å². The van der Waals surface area contributed by atoms with Crippen LogP contribution in [-0.4, -0.2) is 31.2 Å². The van der Waals surface area contributed by atoms with E-state index in [-0.39, 0.29) is 24.7 Å². The van der Waals surface area contributed by atoms with E-state index >= 15 is 0 Å². The minimum atomic E-state index is -0.342. The number of hydrogen-bond donors (Lipinski definition) is 2. The van der Waals surface area contributed by atoms with Gasteiger partial charge in [-0.05, 0) is 78.0 Å². The Morgan fingerprint density at radius 3 is 2.58 bits per heavy atom. The van der Waals surface area contributed by atoms with Gasteiger partial charge in [-0.25, -0.2) is 5.43 Å². The topological polar surface area (TPSA) is 89.0 Å². The van der Waals surface area contributed by atoms with Crippen molar-refractivity contribution in [3.8, 4) is 11.5 Å². The van der Waals surface area contributed by atoms with Crippen LogP contribution in [0.2, 0.25) is 0 Å². The van der Waals surface area contributed by atoms with Crippen LogP contribution in [0.25, 0.3) is 0 Å². The zero-order chi connectivity index (χ0) is 24.2. The fraction of sp³-hybridized carbons (Fsp3) is 0.400. The third-order valence-corrected chi connectivity index (χ3v) is 5.53. The molecule has 0 fully saturated rings. The SMILES string of the molecule is CCCCOc1c(Br)cc(C=NNC(=O)CCC(=O)Nc2cccc(C)c2C)cc1OCC. The van der Waals surface area contributed by atoms with Crippen LogP contribution in [0, 0.1) is 13.8 Å². The van der Waals surface area contributed by atoms with Gasteiger partial charge in [0.1, 0.15) is 0 Å². The van der Waals surface area contributed by atoms with E-state index in [4.69, 9.17) is 9.47 Å². The number of benzene rings is 2. The zero-order valence-corrected chi connectivity index (χ0v) is 21.3. The summed E-state index contributed by atoms with van der Waals surface area (Å²) in [4.78, 5) is 24.3. The largest absolute Gasteiger partial charge is 0.490 e. The number of nitrogens with zero attached hydrogens (tertiary/aromatic N) is 1. The highest BCUT2D eigenvalue weighted by Crippen LogP contribution is 2.36. The first-order valence-corrected chi connectivity index (χ1v) is 11.9. The Morgan fingerprint density at radius 1 is 1.09 bits per heavy atom. The van der Waals surface area contributed by atoms with E-state index in [1.54, 1.807) is 0 Å². The van der Waals surface area contributed by atoms with Gasteiger partial charge in [0.25, 0.3) is 0 Å². The lowest BCUT2D eigenvalue weighted by molar-refractivity contribution is -0.124. The summed E-state index contributed by atoms with van der Waals surface area (Å²) in [6, 6.07) is 9.37. The first kappa shape index (κ1) is 26.4. The van der Waals surface area contributed by atoms with Crippen molar-refractivity contribution in [2.24, 2.45) is 5.10 Å². The highest BCUT2D eigenvalue weighted by molar-refractivity contribution is 9.10. The predicted molar refractivity (Wildman–Crippen MR) is 135 cm³/mol. The number of nitrogens with one attached hydrogen (secondary N) is 2. The van der Waals surface area contributed by atoms with Gasteiger partial charge in [-0.15, -0.1) is 0 Å². The average molecular weight is 518 g/mol. The molecule has 0 aromatic heterocycles. The van der Waals surface area contributed by atoms with Gasteiger partial charge in [0.2, 0.25) is 11.8 Å². The van der Waals surface area contributed by atoms with Gasteiger partial charge in [0, 0.05) is 18.5 Å². The second kappa shape index (κ2) is 13.6. The Hall–Kier alpha value is -2.87. The summed E-state index contributed by atoms with van der Waals surface area (Å²) in [7, 11) is 0. The van der Waals surface area contributed by atoms with Crippen LogP contribution in [0.1, 0.15) is 56.2 Å². The van der Waals surface area contributed by atoms with Crippen molar-refractivity contribution in [2.75, 3.05) is 18.5 Å². The van der Waals surface area contributed by atoms with Crippen LogP contribution in [0.3, 0.4) is 0 Å². The highest BCUT2D eigenvalue weighted by Gasteiger charge is 2.12. The molecule has 0 bridgehead atoms. The minimum Gasteiger partial charge on any atom is -0.490 e. The number of amides is 2. The van der Waals surface area contributed by atoms with E-state index in [2.05, 4.69) is 38.7 Å². The number of anilines is 1. The fourth-order valence-corrected chi connectivity index (χ4v) is 3.52. The Morgan fingerprint density at radius 2 is 1.85 bits per heavy atom. The maximum Gasteiger partial charge on any atom is 0.240 e. The Balaban J connectivity index is 1.89. The van der Waals surface area contributed by atoms with E-state index in [1.807, 2.05) is 51.1 Å². The van der Waals surface area contributed by atoms with E-state index in [9.17, 15) is 9.59 Å². The molecule has 2 aromatic carbocycles. The van der Waals surface area contributed by atoms with Crippen molar-refractivity contribution >= 4 is 39.6 Å². The van der Waals surface area contributed by atoms with Gasteiger partial charge < -0.3 is 14.8 Å². The summed E-state index contributed by atoms with van der Waals surface area (Å²) in [6.07, 6.45) is 3.62. The molecule has 0 aliphatic rings. The smallest absolute Gasteiger partial charge is 0.240 e. The lowest BCUT2D eigenvalue weighted by Crippen LogP contribution is -2.21. The van der Waals surface area contributed by atoms with Crippen molar-refractivity contribution in [1.29, 1.82) is 0 Å². The molecule has 0 radical (unpaired) electrons. The molecule has 0 atom stereocenters. The number of unbranched alkanes of at least 4 members (excludes halogenated alkanes) is 1. The van der Waals surface area contributed by atoms with Crippen molar-refractivity contribution < 1.29 is 19.1 Å². The van der Waals surface area contributed by atoms with Crippen LogP contribution >= 0.6 is 15.9 Å². The number of ether oxygens (including phenoxy) is 2. The molecule has 0 aliphatic heterocycles. The normalized spacial score (nSPS) is 10.8. The number of carbonyl (C=O) groups excluding carboxylic acids is 2. The first-order chi connectivity index (χ1) is 15.8. The fourth-order valence-electron chi connectivity index (χ4n) is 2.95. The van der Waals surface area contributed by atoms with Crippen LogP contribution in [-0.2, 0) is 9.59 Å². The third kappa shape index (κ3) is 8.53. The Bertz CT molecular complexity index is 992. The van der Waals surface area contributed by atoms with Gasteiger partial charge in [-0.2, -0.15) is 5.10 Å².